The standard InChI is InChI=1S/C20H24ClF3N4O/c1-13-10-14(2)17(15(21)11-13)28-5-3-4-27-16(12-26-6-8-29-9-7-26)18(20(22,23)24)25-19(27)28/h10-11H,3-9,12H2,1-2H3. The molecule has 2 aliphatic rings. The predicted molar refractivity (Wildman–Crippen MR) is 106 cm³/mol. The molecule has 158 valence electrons. The number of hydrogen-bond acceptors (Lipinski definition) is 4. The highest BCUT2D eigenvalue weighted by Crippen LogP contribution is 2.41. The van der Waals surface area contributed by atoms with Gasteiger partial charge in [0.1, 0.15) is 0 Å². The highest BCUT2D eigenvalue weighted by Gasteiger charge is 2.41. The Hall–Kier alpha value is -1.77. The topological polar surface area (TPSA) is 33.5 Å². The smallest absolute Gasteiger partial charge is 0.379 e. The van der Waals surface area contributed by atoms with Gasteiger partial charge in [0, 0.05) is 32.7 Å². The van der Waals surface area contributed by atoms with Crippen LogP contribution in [0, 0.1) is 13.8 Å². The number of anilines is 2. The maximum atomic E-state index is 13.9. The Kier molecular flexibility index (Phi) is 5.52. The van der Waals surface area contributed by atoms with Gasteiger partial charge in [-0.2, -0.15) is 13.2 Å². The number of halogens is 4. The van der Waals surface area contributed by atoms with Crippen molar-refractivity contribution in [3.05, 3.63) is 39.7 Å². The Morgan fingerprint density at radius 1 is 1.10 bits per heavy atom. The van der Waals surface area contributed by atoms with Crippen LogP contribution in [0.4, 0.5) is 24.8 Å². The van der Waals surface area contributed by atoms with E-state index >= 15 is 0 Å². The summed E-state index contributed by atoms with van der Waals surface area (Å²) in [6.45, 7) is 7.47. The van der Waals surface area contributed by atoms with Crippen molar-refractivity contribution in [1.82, 2.24) is 14.5 Å². The summed E-state index contributed by atoms with van der Waals surface area (Å²) in [5.41, 5.74) is 2.09. The Bertz CT molecular complexity index is 883. The predicted octanol–water partition coefficient (Wildman–Crippen LogP) is 4.55. The Balaban J connectivity index is 1.80. The zero-order chi connectivity index (χ0) is 20.8. The molecule has 0 radical (unpaired) electrons. The van der Waals surface area contributed by atoms with Crippen LogP contribution in [0.1, 0.15) is 28.9 Å². The molecule has 0 N–H and O–H groups in total. The summed E-state index contributed by atoms with van der Waals surface area (Å²) in [6, 6.07) is 3.83. The second kappa shape index (κ2) is 7.81. The van der Waals surface area contributed by atoms with Gasteiger partial charge in [-0.1, -0.05) is 17.7 Å². The van der Waals surface area contributed by atoms with Gasteiger partial charge in [0.15, 0.2) is 5.69 Å². The van der Waals surface area contributed by atoms with Crippen LogP contribution in [-0.2, 0) is 24.0 Å². The monoisotopic (exact) mass is 428 g/mol. The quantitative estimate of drug-likeness (QED) is 0.718. The molecule has 1 aromatic heterocycles. The molecule has 0 spiro atoms. The van der Waals surface area contributed by atoms with Crippen molar-refractivity contribution in [1.29, 1.82) is 0 Å². The molecule has 2 aromatic rings. The average Bonchev–Trinajstić information content (AvgIpc) is 3.01. The Morgan fingerprint density at radius 2 is 1.83 bits per heavy atom. The van der Waals surface area contributed by atoms with E-state index in [1.54, 1.807) is 4.57 Å². The van der Waals surface area contributed by atoms with E-state index < -0.39 is 11.9 Å². The fourth-order valence-corrected chi connectivity index (χ4v) is 4.64. The number of ether oxygens (including phenoxy) is 1. The molecule has 0 aliphatic carbocycles. The van der Waals surface area contributed by atoms with Crippen molar-refractivity contribution < 1.29 is 17.9 Å². The van der Waals surface area contributed by atoms with E-state index in [-0.39, 0.29) is 12.2 Å². The van der Waals surface area contributed by atoms with Crippen LogP contribution in [-0.4, -0.2) is 47.3 Å². The molecular weight excluding hydrogens is 405 g/mol. The lowest BCUT2D eigenvalue weighted by Gasteiger charge is -2.32. The molecule has 0 saturated carbocycles. The van der Waals surface area contributed by atoms with Gasteiger partial charge in [0.2, 0.25) is 5.95 Å². The lowest BCUT2D eigenvalue weighted by atomic mass is 10.1. The zero-order valence-corrected chi connectivity index (χ0v) is 17.3. The molecule has 0 bridgehead atoms. The lowest BCUT2D eigenvalue weighted by Crippen LogP contribution is -2.37. The van der Waals surface area contributed by atoms with E-state index in [1.165, 1.54) is 0 Å². The van der Waals surface area contributed by atoms with Crippen LogP contribution in [0.2, 0.25) is 5.02 Å². The van der Waals surface area contributed by atoms with Crippen molar-refractivity contribution in [2.45, 2.75) is 39.5 Å². The number of hydrogen-bond donors (Lipinski definition) is 0. The first-order valence-electron chi connectivity index (χ1n) is 9.76. The normalized spacial score (nSPS) is 18.2. The molecule has 1 saturated heterocycles. The van der Waals surface area contributed by atoms with Gasteiger partial charge in [0.25, 0.3) is 0 Å². The van der Waals surface area contributed by atoms with Crippen molar-refractivity contribution >= 4 is 23.2 Å². The third-order valence-corrected chi connectivity index (χ3v) is 5.76. The third kappa shape index (κ3) is 3.98. The number of aryl methyl sites for hydroxylation is 2. The zero-order valence-electron chi connectivity index (χ0n) is 16.5. The van der Waals surface area contributed by atoms with Crippen molar-refractivity contribution in [2.24, 2.45) is 0 Å². The summed E-state index contributed by atoms with van der Waals surface area (Å²) in [5, 5.41) is 0.530. The second-order valence-electron chi connectivity index (χ2n) is 7.66. The summed E-state index contributed by atoms with van der Waals surface area (Å²) in [4.78, 5) is 7.92. The molecule has 0 amide bonds. The number of morpholine rings is 1. The molecule has 4 rings (SSSR count). The van der Waals surface area contributed by atoms with Gasteiger partial charge >= 0.3 is 6.18 Å². The minimum absolute atomic E-state index is 0.208. The van der Waals surface area contributed by atoms with Gasteiger partial charge in [-0.05, 0) is 37.5 Å². The minimum atomic E-state index is -4.51. The van der Waals surface area contributed by atoms with Crippen LogP contribution in [0.5, 0.6) is 0 Å². The van der Waals surface area contributed by atoms with E-state index in [0.29, 0.717) is 50.4 Å². The number of alkyl halides is 3. The number of fused-ring (bicyclic) bond motifs is 1. The van der Waals surface area contributed by atoms with E-state index in [2.05, 4.69) is 4.98 Å². The van der Waals surface area contributed by atoms with Crippen molar-refractivity contribution in [2.75, 3.05) is 37.7 Å². The molecule has 29 heavy (non-hydrogen) atoms. The first kappa shape index (κ1) is 20.5. The number of benzene rings is 1. The SMILES string of the molecule is Cc1cc(C)c(N2CCCn3c2nc(C(F)(F)F)c3CN2CCOCC2)c(Cl)c1. The van der Waals surface area contributed by atoms with Gasteiger partial charge < -0.3 is 14.2 Å². The van der Waals surface area contributed by atoms with Gasteiger partial charge in [-0.15, -0.1) is 0 Å². The highest BCUT2D eigenvalue weighted by molar-refractivity contribution is 6.33. The van der Waals surface area contributed by atoms with E-state index in [0.717, 1.165) is 23.2 Å². The van der Waals surface area contributed by atoms with Gasteiger partial charge in [0.05, 0.1) is 29.6 Å². The van der Waals surface area contributed by atoms with Crippen LogP contribution in [0.3, 0.4) is 0 Å². The fourth-order valence-electron chi connectivity index (χ4n) is 4.22. The maximum Gasteiger partial charge on any atom is 0.435 e. The van der Waals surface area contributed by atoms with E-state index in [1.807, 2.05) is 35.8 Å². The molecule has 0 unspecified atom stereocenters. The van der Waals surface area contributed by atoms with E-state index in [9.17, 15) is 13.2 Å². The third-order valence-electron chi connectivity index (χ3n) is 5.47. The molecule has 3 heterocycles. The maximum absolute atomic E-state index is 13.9. The molecule has 2 aliphatic heterocycles. The lowest BCUT2D eigenvalue weighted by molar-refractivity contribution is -0.142. The molecule has 0 atom stereocenters. The van der Waals surface area contributed by atoms with Crippen LogP contribution < -0.4 is 4.90 Å². The number of nitrogens with zero attached hydrogens (tertiary/aromatic N) is 4. The number of aromatic nitrogens is 2. The molecule has 9 heteroatoms. The Labute approximate surface area is 173 Å². The average molecular weight is 429 g/mol. The molecule has 1 fully saturated rings. The Morgan fingerprint density at radius 3 is 2.48 bits per heavy atom. The van der Waals surface area contributed by atoms with Crippen LogP contribution in [0.15, 0.2) is 12.1 Å². The second-order valence-corrected chi connectivity index (χ2v) is 8.07. The van der Waals surface area contributed by atoms with Crippen LogP contribution >= 0.6 is 11.6 Å². The molecular formula is C20H24ClF3N4O. The first-order chi connectivity index (χ1) is 13.8. The summed E-state index contributed by atoms with van der Waals surface area (Å²) in [5.74, 6) is 0.320. The van der Waals surface area contributed by atoms with Gasteiger partial charge in [-0.3, -0.25) is 4.90 Å². The summed E-state index contributed by atoms with van der Waals surface area (Å²) < 4.78 is 48.6. The molecule has 1 aromatic carbocycles. The highest BCUT2D eigenvalue weighted by atomic mass is 35.5. The summed E-state index contributed by atoms with van der Waals surface area (Å²) >= 11 is 6.50. The first-order valence-corrected chi connectivity index (χ1v) is 10.1. The fraction of sp³-hybridized carbons (Fsp3) is 0.550. The summed E-state index contributed by atoms with van der Waals surface area (Å²) in [6.07, 6.45) is -3.79. The number of imidazole rings is 1. The van der Waals surface area contributed by atoms with Crippen molar-refractivity contribution in [3.63, 3.8) is 0 Å². The largest absolute Gasteiger partial charge is 0.435 e. The van der Waals surface area contributed by atoms with Crippen LogP contribution in [0.25, 0.3) is 0 Å². The van der Waals surface area contributed by atoms with Crippen molar-refractivity contribution in [3.8, 4) is 0 Å². The van der Waals surface area contributed by atoms with Gasteiger partial charge in [-0.25, -0.2) is 4.98 Å². The number of rotatable bonds is 3. The summed E-state index contributed by atoms with van der Waals surface area (Å²) in [7, 11) is 0. The van der Waals surface area contributed by atoms with E-state index in [4.69, 9.17) is 16.3 Å². The minimum Gasteiger partial charge on any atom is -0.379 e. The molecule has 5 nitrogen and oxygen atoms in total.